The van der Waals surface area contributed by atoms with Crippen molar-refractivity contribution in [1.29, 1.82) is 0 Å². The van der Waals surface area contributed by atoms with Crippen LogP contribution in [-0.4, -0.2) is 47.4 Å². The number of nitrogens with zero attached hydrogens (tertiary/aromatic N) is 2. The van der Waals surface area contributed by atoms with Crippen molar-refractivity contribution >= 4 is 50.7 Å². The molecule has 1 aromatic carbocycles. The van der Waals surface area contributed by atoms with Crippen molar-refractivity contribution in [3.05, 3.63) is 52.0 Å². The average Bonchev–Trinajstić information content (AvgIpc) is 3.09. The van der Waals surface area contributed by atoms with Crippen LogP contribution in [0.25, 0.3) is 10.2 Å². The number of amides is 2. The predicted octanol–water partition coefficient (Wildman–Crippen LogP) is 3.77. The Morgan fingerprint density at radius 3 is 2.56 bits per heavy atom. The molecule has 0 saturated heterocycles. The van der Waals surface area contributed by atoms with Crippen LogP contribution in [0.5, 0.6) is 0 Å². The molecule has 0 aliphatic heterocycles. The molecule has 0 saturated carbocycles. The molecule has 9 heteroatoms. The summed E-state index contributed by atoms with van der Waals surface area (Å²) in [5.41, 5.74) is 9.13. The van der Waals surface area contributed by atoms with Gasteiger partial charge in [-0.25, -0.2) is 9.78 Å². The number of aryl methyl sites for hydroxylation is 2. The predicted molar refractivity (Wildman–Crippen MR) is 126 cm³/mol. The number of benzene rings is 1. The molecule has 8 nitrogen and oxygen atoms in total. The van der Waals surface area contributed by atoms with E-state index in [0.717, 1.165) is 28.0 Å². The number of thiophene rings is 1. The molecule has 2 heterocycles. The normalized spacial score (nSPS) is 10.8. The van der Waals surface area contributed by atoms with Crippen LogP contribution in [0, 0.1) is 13.8 Å². The van der Waals surface area contributed by atoms with Gasteiger partial charge in [0.25, 0.3) is 11.8 Å². The van der Waals surface area contributed by atoms with Crippen molar-refractivity contribution in [3.63, 3.8) is 0 Å². The third-order valence-corrected chi connectivity index (χ3v) is 6.07. The number of carbonyl (C=O) groups is 3. The Morgan fingerprint density at radius 2 is 1.88 bits per heavy atom. The first-order chi connectivity index (χ1) is 15.2. The minimum absolute atomic E-state index is 0.114. The van der Waals surface area contributed by atoms with Crippen molar-refractivity contribution in [2.24, 2.45) is 0 Å². The molecular formula is C23H26N4O4S. The lowest BCUT2D eigenvalue weighted by atomic mass is 10.1. The van der Waals surface area contributed by atoms with Gasteiger partial charge in [0.05, 0.1) is 5.69 Å². The third-order valence-electron chi connectivity index (χ3n) is 4.99. The fraction of sp³-hybridized carbons (Fsp3) is 0.304. The maximum atomic E-state index is 12.5. The van der Waals surface area contributed by atoms with E-state index in [1.54, 1.807) is 29.2 Å². The van der Waals surface area contributed by atoms with Crippen LogP contribution in [0.2, 0.25) is 0 Å². The summed E-state index contributed by atoms with van der Waals surface area (Å²) in [5.74, 6) is -1.31. The van der Waals surface area contributed by atoms with E-state index in [4.69, 9.17) is 10.5 Å². The molecule has 2 amide bonds. The number of carbonyl (C=O) groups excluding carboxylic acids is 3. The number of esters is 1. The number of hydrogen-bond acceptors (Lipinski definition) is 7. The quantitative estimate of drug-likeness (QED) is 0.525. The summed E-state index contributed by atoms with van der Waals surface area (Å²) in [7, 11) is 0. The fourth-order valence-electron chi connectivity index (χ4n) is 3.44. The number of nitrogen functional groups attached to an aromatic ring is 1. The number of nitrogens with one attached hydrogen (secondary N) is 1. The molecule has 0 atom stereocenters. The maximum absolute atomic E-state index is 12.5. The van der Waals surface area contributed by atoms with E-state index >= 15 is 0 Å². The maximum Gasteiger partial charge on any atom is 0.351 e. The van der Waals surface area contributed by atoms with Crippen molar-refractivity contribution in [2.75, 3.05) is 30.7 Å². The van der Waals surface area contributed by atoms with Crippen LogP contribution >= 0.6 is 11.3 Å². The first kappa shape index (κ1) is 23.2. The molecular weight excluding hydrogens is 428 g/mol. The molecule has 0 fully saturated rings. The SMILES string of the molecule is CCN(CC)C(=O)c1cccc(NC(=O)COC(=O)c2sc3nc(C)cc(C)c3c2N)c1. The number of ether oxygens (including phenoxy) is 1. The van der Waals surface area contributed by atoms with Crippen molar-refractivity contribution in [3.8, 4) is 0 Å². The smallest absolute Gasteiger partial charge is 0.351 e. The first-order valence-corrected chi connectivity index (χ1v) is 11.1. The summed E-state index contributed by atoms with van der Waals surface area (Å²) in [6.07, 6.45) is 0. The first-order valence-electron chi connectivity index (χ1n) is 10.3. The minimum Gasteiger partial charge on any atom is -0.451 e. The highest BCUT2D eigenvalue weighted by molar-refractivity contribution is 7.21. The molecule has 0 aliphatic carbocycles. The van der Waals surface area contributed by atoms with E-state index in [-0.39, 0.29) is 10.8 Å². The van der Waals surface area contributed by atoms with E-state index in [9.17, 15) is 14.4 Å². The van der Waals surface area contributed by atoms with Crippen LogP contribution in [0.3, 0.4) is 0 Å². The van der Waals surface area contributed by atoms with E-state index < -0.39 is 18.5 Å². The monoisotopic (exact) mass is 454 g/mol. The minimum atomic E-state index is -0.678. The number of aromatic nitrogens is 1. The molecule has 3 aromatic rings. The van der Waals surface area contributed by atoms with Crippen LogP contribution in [0.15, 0.2) is 30.3 Å². The number of anilines is 2. The molecule has 0 bridgehead atoms. The van der Waals surface area contributed by atoms with Crippen molar-refractivity contribution in [1.82, 2.24) is 9.88 Å². The average molecular weight is 455 g/mol. The van der Waals surface area contributed by atoms with E-state index in [2.05, 4.69) is 10.3 Å². The Morgan fingerprint density at radius 1 is 1.16 bits per heavy atom. The van der Waals surface area contributed by atoms with Crippen LogP contribution in [0.4, 0.5) is 11.4 Å². The summed E-state index contributed by atoms with van der Waals surface area (Å²) in [6.45, 7) is 8.30. The summed E-state index contributed by atoms with van der Waals surface area (Å²) >= 11 is 1.14. The van der Waals surface area contributed by atoms with Crippen LogP contribution in [-0.2, 0) is 9.53 Å². The van der Waals surface area contributed by atoms with Crippen molar-refractivity contribution < 1.29 is 19.1 Å². The molecule has 2 aromatic heterocycles. The van der Waals surface area contributed by atoms with E-state index in [0.29, 0.717) is 34.9 Å². The summed E-state index contributed by atoms with van der Waals surface area (Å²) in [6, 6.07) is 8.54. The molecule has 0 spiro atoms. The zero-order chi connectivity index (χ0) is 23.4. The highest BCUT2D eigenvalue weighted by Crippen LogP contribution is 2.35. The molecule has 32 heavy (non-hydrogen) atoms. The lowest BCUT2D eigenvalue weighted by molar-refractivity contribution is -0.119. The topological polar surface area (TPSA) is 115 Å². The number of fused-ring (bicyclic) bond motifs is 1. The van der Waals surface area contributed by atoms with Gasteiger partial charge in [-0.1, -0.05) is 6.07 Å². The Hall–Kier alpha value is -3.46. The highest BCUT2D eigenvalue weighted by Gasteiger charge is 2.21. The zero-order valence-corrected chi connectivity index (χ0v) is 19.3. The van der Waals surface area contributed by atoms with E-state index in [1.807, 2.05) is 33.8 Å². The van der Waals surface area contributed by atoms with Gasteiger partial charge < -0.3 is 20.7 Å². The van der Waals surface area contributed by atoms with Gasteiger partial charge in [-0.05, 0) is 57.5 Å². The van der Waals surface area contributed by atoms with Crippen molar-refractivity contribution in [2.45, 2.75) is 27.7 Å². The summed E-state index contributed by atoms with van der Waals surface area (Å²) in [4.78, 5) is 44.3. The van der Waals surface area contributed by atoms with Gasteiger partial charge in [0.1, 0.15) is 9.71 Å². The third kappa shape index (κ3) is 4.88. The second-order valence-corrected chi connectivity index (χ2v) is 8.29. The molecule has 3 N–H and O–H groups in total. The lowest BCUT2D eigenvalue weighted by Crippen LogP contribution is -2.30. The molecule has 0 unspecified atom stereocenters. The van der Waals surface area contributed by atoms with Gasteiger partial charge in [-0.15, -0.1) is 11.3 Å². The van der Waals surface area contributed by atoms with Gasteiger partial charge in [-0.3, -0.25) is 9.59 Å². The largest absolute Gasteiger partial charge is 0.451 e. The molecule has 3 rings (SSSR count). The molecule has 168 valence electrons. The lowest BCUT2D eigenvalue weighted by Gasteiger charge is -2.19. The van der Waals surface area contributed by atoms with Crippen LogP contribution in [0.1, 0.15) is 45.1 Å². The second kappa shape index (κ2) is 9.78. The number of pyridine rings is 1. The Bertz CT molecular complexity index is 1180. The summed E-state index contributed by atoms with van der Waals surface area (Å²) in [5, 5.41) is 3.38. The number of nitrogens with two attached hydrogens (primary N) is 1. The second-order valence-electron chi connectivity index (χ2n) is 7.29. The molecule has 0 aliphatic rings. The van der Waals surface area contributed by atoms with Gasteiger partial charge in [-0.2, -0.15) is 0 Å². The Balaban J connectivity index is 1.66. The van der Waals surface area contributed by atoms with E-state index in [1.165, 1.54) is 0 Å². The highest BCUT2D eigenvalue weighted by atomic mass is 32.1. The Labute approximate surface area is 190 Å². The zero-order valence-electron chi connectivity index (χ0n) is 18.5. The summed E-state index contributed by atoms with van der Waals surface area (Å²) < 4.78 is 5.17. The Kier molecular flexibility index (Phi) is 7.09. The number of hydrogen-bond donors (Lipinski definition) is 2. The van der Waals surface area contributed by atoms with Crippen LogP contribution < -0.4 is 11.1 Å². The van der Waals surface area contributed by atoms with Gasteiger partial charge in [0.15, 0.2) is 6.61 Å². The standard InChI is InChI=1S/C23H26N4O4S/c1-5-27(6-2)22(29)15-8-7-9-16(11-15)26-17(28)12-31-23(30)20-19(24)18-13(3)10-14(4)25-21(18)32-20/h7-11H,5-6,12,24H2,1-4H3,(H,26,28). The number of rotatable bonds is 7. The molecule has 0 radical (unpaired) electrons. The van der Waals surface area contributed by atoms with Gasteiger partial charge in [0.2, 0.25) is 0 Å². The van der Waals surface area contributed by atoms with Gasteiger partial charge >= 0.3 is 5.97 Å². The van der Waals surface area contributed by atoms with Gasteiger partial charge in [0, 0.05) is 35.4 Å². The fourth-order valence-corrected chi connectivity index (χ4v) is 4.55.